The number of benzene rings is 4. The Labute approximate surface area is 217 Å². The molecule has 0 heterocycles. The first kappa shape index (κ1) is 25.8. The quantitative estimate of drug-likeness (QED) is 0.204. The van der Waals surface area contributed by atoms with Crippen molar-refractivity contribution in [3.05, 3.63) is 102 Å². The summed E-state index contributed by atoms with van der Waals surface area (Å²) < 4.78 is 12.1. The summed E-state index contributed by atoms with van der Waals surface area (Å²) in [7, 11) is 0. The summed E-state index contributed by atoms with van der Waals surface area (Å²) in [6.45, 7) is 2.92. The van der Waals surface area contributed by atoms with Crippen LogP contribution in [-0.2, 0) is 17.6 Å². The summed E-state index contributed by atoms with van der Waals surface area (Å²) in [5.74, 6) is 0.727. The number of hydrogen-bond donors (Lipinski definition) is 2. The van der Waals surface area contributed by atoms with Crippen molar-refractivity contribution in [3.63, 3.8) is 0 Å². The van der Waals surface area contributed by atoms with Crippen molar-refractivity contribution in [1.82, 2.24) is 0 Å². The SMILES string of the molecule is CCc1cc(-c2ccccc2)c(O)cc1OCCCOc1cc(-c2ccccc2)ccc1CCC(=O)O. The molecule has 0 saturated carbocycles. The summed E-state index contributed by atoms with van der Waals surface area (Å²) >= 11 is 0. The molecule has 2 N–H and O–H groups in total. The number of phenolic OH excluding ortho intramolecular Hbond substituents is 1. The second kappa shape index (κ2) is 12.6. The van der Waals surface area contributed by atoms with E-state index in [1.54, 1.807) is 6.07 Å². The van der Waals surface area contributed by atoms with Gasteiger partial charge in [0.2, 0.25) is 0 Å². The van der Waals surface area contributed by atoms with Crippen molar-refractivity contribution in [3.8, 4) is 39.5 Å². The third-order valence-electron chi connectivity index (χ3n) is 6.23. The topological polar surface area (TPSA) is 76.0 Å². The van der Waals surface area contributed by atoms with Gasteiger partial charge in [-0.3, -0.25) is 4.79 Å². The second-order valence-electron chi connectivity index (χ2n) is 8.83. The fourth-order valence-electron chi connectivity index (χ4n) is 4.24. The molecule has 0 spiro atoms. The summed E-state index contributed by atoms with van der Waals surface area (Å²) in [6.07, 6.45) is 1.87. The van der Waals surface area contributed by atoms with Crippen LogP contribution in [0.15, 0.2) is 91.0 Å². The van der Waals surface area contributed by atoms with E-state index >= 15 is 0 Å². The minimum Gasteiger partial charge on any atom is -0.507 e. The van der Waals surface area contributed by atoms with Gasteiger partial charge in [-0.1, -0.05) is 79.7 Å². The molecule has 0 aliphatic rings. The molecule has 0 radical (unpaired) electrons. The lowest BCUT2D eigenvalue weighted by Gasteiger charge is -2.15. The van der Waals surface area contributed by atoms with Crippen LogP contribution in [0.25, 0.3) is 22.3 Å². The van der Waals surface area contributed by atoms with Gasteiger partial charge in [-0.05, 0) is 52.8 Å². The highest BCUT2D eigenvalue weighted by atomic mass is 16.5. The minimum absolute atomic E-state index is 0.0480. The normalized spacial score (nSPS) is 10.7. The summed E-state index contributed by atoms with van der Waals surface area (Å²) in [5.41, 5.74) is 5.76. The molecule has 0 saturated heterocycles. The summed E-state index contributed by atoms with van der Waals surface area (Å²) in [5, 5.41) is 19.7. The molecule has 0 atom stereocenters. The van der Waals surface area contributed by atoms with Gasteiger partial charge in [-0.25, -0.2) is 0 Å². The highest BCUT2D eigenvalue weighted by Gasteiger charge is 2.12. The van der Waals surface area contributed by atoms with Crippen LogP contribution < -0.4 is 9.47 Å². The number of carbonyl (C=O) groups is 1. The molecule has 37 heavy (non-hydrogen) atoms. The number of ether oxygens (including phenoxy) is 2. The molecule has 4 rings (SSSR count). The first-order valence-electron chi connectivity index (χ1n) is 12.6. The number of aromatic hydroxyl groups is 1. The van der Waals surface area contributed by atoms with Crippen molar-refractivity contribution in [1.29, 1.82) is 0 Å². The zero-order valence-corrected chi connectivity index (χ0v) is 21.0. The zero-order valence-electron chi connectivity index (χ0n) is 21.0. The van der Waals surface area contributed by atoms with E-state index in [4.69, 9.17) is 14.6 Å². The molecule has 0 bridgehead atoms. The maximum absolute atomic E-state index is 11.1. The maximum Gasteiger partial charge on any atom is 0.303 e. The number of phenols is 1. The minimum atomic E-state index is -0.834. The van der Waals surface area contributed by atoms with Crippen LogP contribution >= 0.6 is 0 Å². The molecule has 5 heteroatoms. The van der Waals surface area contributed by atoms with Gasteiger partial charge in [0.05, 0.1) is 13.2 Å². The van der Waals surface area contributed by atoms with E-state index in [9.17, 15) is 9.90 Å². The molecular formula is C32H32O5. The van der Waals surface area contributed by atoms with Gasteiger partial charge in [0.25, 0.3) is 0 Å². The molecule has 190 valence electrons. The third-order valence-corrected chi connectivity index (χ3v) is 6.23. The van der Waals surface area contributed by atoms with Crippen LogP contribution in [0.3, 0.4) is 0 Å². The largest absolute Gasteiger partial charge is 0.507 e. The van der Waals surface area contributed by atoms with Crippen LogP contribution in [0, 0.1) is 0 Å². The lowest BCUT2D eigenvalue weighted by Crippen LogP contribution is -2.08. The van der Waals surface area contributed by atoms with Crippen LogP contribution in [-0.4, -0.2) is 29.4 Å². The standard InChI is InChI=1S/C32H32O5/c1-2-23-20-28(25-12-7-4-8-13-25)29(33)22-31(23)37-19-9-18-36-30-21-27(24-10-5-3-6-11-24)15-14-26(30)16-17-32(34)35/h3-8,10-15,20-22,33H,2,9,16-19H2,1H3,(H,34,35). The van der Waals surface area contributed by atoms with Gasteiger partial charge in [0.1, 0.15) is 17.2 Å². The summed E-state index contributed by atoms with van der Waals surface area (Å²) in [4.78, 5) is 11.1. The molecule has 4 aromatic rings. The predicted molar refractivity (Wildman–Crippen MR) is 146 cm³/mol. The molecule has 4 aromatic carbocycles. The van der Waals surface area contributed by atoms with E-state index in [0.29, 0.717) is 37.6 Å². The molecule has 0 unspecified atom stereocenters. The van der Waals surface area contributed by atoms with Gasteiger partial charge < -0.3 is 19.7 Å². The van der Waals surface area contributed by atoms with Crippen molar-refractivity contribution >= 4 is 5.97 Å². The van der Waals surface area contributed by atoms with Gasteiger partial charge in [-0.15, -0.1) is 0 Å². The number of rotatable bonds is 12. The molecule has 0 aromatic heterocycles. The van der Waals surface area contributed by atoms with E-state index in [1.807, 2.05) is 84.9 Å². The molecule has 0 aliphatic heterocycles. The average Bonchev–Trinajstić information content (AvgIpc) is 2.93. The number of carboxylic acids is 1. The Kier molecular flexibility index (Phi) is 8.82. The van der Waals surface area contributed by atoms with Crippen molar-refractivity contribution < 1.29 is 24.5 Å². The van der Waals surface area contributed by atoms with Crippen molar-refractivity contribution in [2.24, 2.45) is 0 Å². The summed E-state index contributed by atoms with van der Waals surface area (Å²) in [6, 6.07) is 29.4. The van der Waals surface area contributed by atoms with E-state index in [0.717, 1.165) is 39.8 Å². The van der Waals surface area contributed by atoms with E-state index in [1.165, 1.54) is 0 Å². The van der Waals surface area contributed by atoms with Crippen molar-refractivity contribution in [2.75, 3.05) is 13.2 Å². The first-order chi connectivity index (χ1) is 18.0. The Bertz CT molecular complexity index is 1320. The van der Waals surface area contributed by atoms with Gasteiger partial charge in [0.15, 0.2) is 0 Å². The number of carboxylic acid groups (broad SMARTS) is 1. The number of aliphatic carboxylic acids is 1. The molecular weight excluding hydrogens is 464 g/mol. The Morgan fingerprint density at radius 2 is 1.35 bits per heavy atom. The Balaban J connectivity index is 1.40. The lowest BCUT2D eigenvalue weighted by atomic mass is 10.00. The van der Waals surface area contributed by atoms with Crippen LogP contribution in [0.5, 0.6) is 17.2 Å². The molecule has 0 aliphatic carbocycles. The van der Waals surface area contributed by atoms with E-state index < -0.39 is 5.97 Å². The fourth-order valence-corrected chi connectivity index (χ4v) is 4.24. The third kappa shape index (κ3) is 6.91. The molecule has 0 amide bonds. The highest BCUT2D eigenvalue weighted by molar-refractivity contribution is 5.72. The van der Waals surface area contributed by atoms with Gasteiger partial charge in [0, 0.05) is 24.5 Å². The lowest BCUT2D eigenvalue weighted by molar-refractivity contribution is -0.136. The van der Waals surface area contributed by atoms with Gasteiger partial charge in [-0.2, -0.15) is 0 Å². The van der Waals surface area contributed by atoms with E-state index in [-0.39, 0.29) is 12.2 Å². The fraction of sp³-hybridized carbons (Fsp3) is 0.219. The monoisotopic (exact) mass is 496 g/mol. The Morgan fingerprint density at radius 1 is 0.730 bits per heavy atom. The van der Waals surface area contributed by atoms with Crippen LogP contribution in [0.2, 0.25) is 0 Å². The zero-order chi connectivity index (χ0) is 26.0. The Hall–Kier alpha value is -4.25. The van der Waals surface area contributed by atoms with Gasteiger partial charge >= 0.3 is 5.97 Å². The predicted octanol–water partition coefficient (Wildman–Crippen LogP) is 7.15. The number of hydrogen-bond acceptors (Lipinski definition) is 4. The highest BCUT2D eigenvalue weighted by Crippen LogP contribution is 2.36. The average molecular weight is 497 g/mol. The molecule has 0 fully saturated rings. The smallest absolute Gasteiger partial charge is 0.303 e. The second-order valence-corrected chi connectivity index (χ2v) is 8.83. The first-order valence-corrected chi connectivity index (χ1v) is 12.6. The number of aryl methyl sites for hydroxylation is 2. The van der Waals surface area contributed by atoms with Crippen LogP contribution in [0.1, 0.15) is 30.9 Å². The van der Waals surface area contributed by atoms with Crippen LogP contribution in [0.4, 0.5) is 0 Å². The molecule has 5 nitrogen and oxygen atoms in total. The van der Waals surface area contributed by atoms with E-state index in [2.05, 4.69) is 6.92 Å². The van der Waals surface area contributed by atoms with Crippen molar-refractivity contribution in [2.45, 2.75) is 32.6 Å². The maximum atomic E-state index is 11.1. The Morgan fingerprint density at radius 3 is 1.97 bits per heavy atom.